The first-order valence-electron chi connectivity index (χ1n) is 4.94. The Morgan fingerprint density at radius 1 is 1.44 bits per heavy atom. The maximum absolute atomic E-state index is 11.7. The first-order chi connectivity index (χ1) is 8.79. The maximum Gasteiger partial charge on any atom is 0.274 e. The van der Waals surface area contributed by atoms with Crippen LogP contribution >= 0.6 is 11.5 Å². The van der Waals surface area contributed by atoms with Crippen molar-refractivity contribution in [2.24, 2.45) is 0 Å². The summed E-state index contributed by atoms with van der Waals surface area (Å²) in [5.74, 6) is 4.86. The lowest BCUT2D eigenvalue weighted by Crippen LogP contribution is -2.12. The Morgan fingerprint density at radius 3 is 2.94 bits per heavy atom. The summed E-state index contributed by atoms with van der Waals surface area (Å²) in [4.78, 5) is 15.7. The normalized spacial score (nSPS) is 9.39. The van der Waals surface area contributed by atoms with E-state index in [0.717, 1.165) is 11.5 Å². The molecule has 90 valence electrons. The molecule has 0 aliphatic carbocycles. The molecule has 0 aliphatic heterocycles. The Kier molecular flexibility index (Phi) is 3.96. The minimum Gasteiger partial charge on any atom is -0.384 e. The Labute approximate surface area is 107 Å². The molecule has 0 aliphatic rings. The summed E-state index contributed by atoms with van der Waals surface area (Å²) in [5, 5.41) is 15.3. The molecule has 0 aromatic carbocycles. The van der Waals surface area contributed by atoms with E-state index in [1.807, 2.05) is 0 Å². The smallest absolute Gasteiger partial charge is 0.274 e. The monoisotopic (exact) mass is 260 g/mol. The fraction of sp³-hybridized carbons (Fsp3) is 0.0909. The molecule has 2 rings (SSSR count). The molecule has 0 saturated carbocycles. The zero-order chi connectivity index (χ0) is 12.8. The van der Waals surface area contributed by atoms with E-state index in [-0.39, 0.29) is 18.2 Å². The third kappa shape index (κ3) is 3.10. The lowest BCUT2D eigenvalue weighted by atomic mass is 10.2. The van der Waals surface area contributed by atoms with Gasteiger partial charge >= 0.3 is 0 Å². The van der Waals surface area contributed by atoms with Gasteiger partial charge in [0.1, 0.15) is 17.3 Å². The predicted octanol–water partition coefficient (Wildman–Crippen LogP) is 0.529. The van der Waals surface area contributed by atoms with Crippen LogP contribution in [-0.2, 0) is 0 Å². The summed E-state index contributed by atoms with van der Waals surface area (Å²) in [6.45, 7) is -0.208. The van der Waals surface area contributed by atoms with Crippen LogP contribution in [0.2, 0.25) is 0 Å². The minimum atomic E-state index is -0.331. The number of nitrogens with zero attached hydrogens (tertiary/aromatic N) is 3. The largest absolute Gasteiger partial charge is 0.384 e. The average Bonchev–Trinajstić information content (AvgIpc) is 2.89. The third-order valence-corrected chi connectivity index (χ3v) is 2.49. The molecular weight excluding hydrogens is 252 g/mol. The average molecular weight is 260 g/mol. The molecule has 1 amide bonds. The van der Waals surface area contributed by atoms with E-state index >= 15 is 0 Å². The van der Waals surface area contributed by atoms with Gasteiger partial charge < -0.3 is 10.4 Å². The van der Waals surface area contributed by atoms with Crippen molar-refractivity contribution in [3.8, 4) is 11.8 Å². The second-order valence-corrected chi connectivity index (χ2v) is 3.91. The highest BCUT2D eigenvalue weighted by atomic mass is 32.1. The highest BCUT2D eigenvalue weighted by Crippen LogP contribution is 2.10. The van der Waals surface area contributed by atoms with E-state index in [2.05, 4.69) is 31.7 Å². The van der Waals surface area contributed by atoms with Gasteiger partial charge in [-0.15, -0.1) is 5.10 Å². The summed E-state index contributed by atoms with van der Waals surface area (Å²) in [7, 11) is 0. The van der Waals surface area contributed by atoms with Crippen LogP contribution in [0.25, 0.3) is 0 Å². The van der Waals surface area contributed by atoms with Crippen LogP contribution in [-0.4, -0.2) is 32.2 Å². The number of aliphatic hydroxyl groups is 1. The van der Waals surface area contributed by atoms with Crippen LogP contribution in [0.15, 0.2) is 24.5 Å². The number of hydrogen-bond acceptors (Lipinski definition) is 6. The number of carbonyl (C=O) groups is 1. The van der Waals surface area contributed by atoms with Gasteiger partial charge in [0, 0.05) is 23.3 Å². The number of nitrogens with one attached hydrogen (secondary N) is 1. The van der Waals surface area contributed by atoms with Crippen molar-refractivity contribution in [1.29, 1.82) is 0 Å². The Bertz CT molecular complexity index is 584. The molecule has 0 unspecified atom stereocenters. The minimum absolute atomic E-state index is 0.208. The molecule has 0 saturated heterocycles. The number of amides is 1. The summed E-state index contributed by atoms with van der Waals surface area (Å²) in [6, 6.07) is 3.22. The Balaban J connectivity index is 2.07. The van der Waals surface area contributed by atoms with Crippen molar-refractivity contribution in [2.45, 2.75) is 0 Å². The van der Waals surface area contributed by atoms with Crippen molar-refractivity contribution < 1.29 is 9.90 Å². The summed E-state index contributed by atoms with van der Waals surface area (Å²) >= 11 is 1.09. The van der Waals surface area contributed by atoms with Crippen molar-refractivity contribution in [3.05, 3.63) is 35.8 Å². The van der Waals surface area contributed by atoms with Gasteiger partial charge in [-0.3, -0.25) is 4.79 Å². The highest BCUT2D eigenvalue weighted by Gasteiger charge is 2.08. The number of anilines is 1. The topological polar surface area (TPSA) is 88.0 Å². The highest BCUT2D eigenvalue weighted by molar-refractivity contribution is 7.10. The molecular formula is C11H8N4O2S. The van der Waals surface area contributed by atoms with E-state index in [4.69, 9.17) is 5.11 Å². The zero-order valence-corrected chi connectivity index (χ0v) is 9.94. The molecule has 18 heavy (non-hydrogen) atoms. The standard InChI is InChI=1S/C11H8N4O2S/c16-5-1-2-8-3-4-9(12-6-8)11(17)14-10-7-13-15-18-10/h3-4,6-7,16H,5H2,(H,14,17). The van der Waals surface area contributed by atoms with Crippen LogP contribution in [0.5, 0.6) is 0 Å². The molecule has 2 N–H and O–H groups in total. The number of aliphatic hydroxyl groups excluding tert-OH is 1. The van der Waals surface area contributed by atoms with Crippen LogP contribution in [0.3, 0.4) is 0 Å². The molecule has 7 heteroatoms. The molecule has 0 atom stereocenters. The molecule has 0 fully saturated rings. The van der Waals surface area contributed by atoms with Crippen molar-refractivity contribution in [2.75, 3.05) is 11.9 Å². The van der Waals surface area contributed by atoms with E-state index in [0.29, 0.717) is 10.6 Å². The van der Waals surface area contributed by atoms with Gasteiger partial charge in [-0.1, -0.05) is 16.3 Å². The number of hydrogen-bond donors (Lipinski definition) is 2. The SMILES string of the molecule is O=C(Nc1cnns1)c1ccc(C#CCO)cn1. The van der Waals surface area contributed by atoms with E-state index in [1.165, 1.54) is 12.4 Å². The maximum atomic E-state index is 11.7. The van der Waals surface area contributed by atoms with Crippen molar-refractivity contribution in [3.63, 3.8) is 0 Å². The van der Waals surface area contributed by atoms with Gasteiger partial charge in [-0.25, -0.2) is 4.98 Å². The van der Waals surface area contributed by atoms with Crippen LogP contribution in [0.1, 0.15) is 16.1 Å². The van der Waals surface area contributed by atoms with Crippen LogP contribution < -0.4 is 5.32 Å². The fourth-order valence-electron chi connectivity index (χ4n) is 1.14. The number of carbonyl (C=O) groups excluding carboxylic acids is 1. The van der Waals surface area contributed by atoms with Gasteiger partial charge in [0.2, 0.25) is 0 Å². The van der Waals surface area contributed by atoms with Gasteiger partial charge in [0.05, 0.1) is 6.20 Å². The fourth-order valence-corrected chi connectivity index (χ4v) is 1.56. The van der Waals surface area contributed by atoms with E-state index in [1.54, 1.807) is 12.1 Å². The number of rotatable bonds is 2. The lowest BCUT2D eigenvalue weighted by Gasteiger charge is -2.00. The first-order valence-corrected chi connectivity index (χ1v) is 5.71. The third-order valence-electron chi connectivity index (χ3n) is 1.91. The van der Waals surface area contributed by atoms with Gasteiger partial charge in [-0.2, -0.15) is 0 Å². The quantitative estimate of drug-likeness (QED) is 0.769. The van der Waals surface area contributed by atoms with Gasteiger partial charge in [-0.05, 0) is 12.1 Å². The molecule has 6 nitrogen and oxygen atoms in total. The lowest BCUT2D eigenvalue weighted by molar-refractivity contribution is 0.102. The summed E-state index contributed by atoms with van der Waals surface area (Å²) in [6.07, 6.45) is 2.94. The number of pyridine rings is 1. The Morgan fingerprint density at radius 2 is 2.33 bits per heavy atom. The Hall–Kier alpha value is -2.30. The predicted molar refractivity (Wildman–Crippen MR) is 66.1 cm³/mol. The van der Waals surface area contributed by atoms with Gasteiger partial charge in [0.25, 0.3) is 5.91 Å². The zero-order valence-electron chi connectivity index (χ0n) is 9.12. The van der Waals surface area contributed by atoms with Crippen LogP contribution in [0, 0.1) is 11.8 Å². The second-order valence-electron chi connectivity index (χ2n) is 3.13. The van der Waals surface area contributed by atoms with Crippen molar-refractivity contribution >= 4 is 22.4 Å². The second kappa shape index (κ2) is 5.86. The summed E-state index contributed by atoms with van der Waals surface area (Å²) < 4.78 is 3.63. The molecule has 0 bridgehead atoms. The first kappa shape index (κ1) is 12.2. The number of aromatic nitrogens is 3. The molecule has 2 aromatic rings. The molecule has 0 radical (unpaired) electrons. The van der Waals surface area contributed by atoms with Crippen LogP contribution in [0.4, 0.5) is 5.00 Å². The van der Waals surface area contributed by atoms with E-state index in [9.17, 15) is 4.79 Å². The van der Waals surface area contributed by atoms with E-state index < -0.39 is 0 Å². The molecule has 2 aromatic heterocycles. The van der Waals surface area contributed by atoms with Crippen molar-refractivity contribution in [1.82, 2.24) is 14.6 Å². The van der Waals surface area contributed by atoms with Gasteiger partial charge in [0.15, 0.2) is 0 Å². The molecule has 0 spiro atoms. The summed E-state index contributed by atoms with van der Waals surface area (Å²) in [5.41, 5.74) is 0.915. The molecule has 2 heterocycles.